The average molecular weight is 153 g/mol. The van der Waals surface area contributed by atoms with Crippen molar-refractivity contribution in [2.24, 2.45) is 0 Å². The van der Waals surface area contributed by atoms with E-state index in [1.54, 1.807) is 6.08 Å². The number of hydrogen-bond acceptors (Lipinski definition) is 2. The van der Waals surface area contributed by atoms with Crippen molar-refractivity contribution >= 4 is 5.97 Å². The minimum Gasteiger partial charge on any atom is -0.478 e. The average Bonchev–Trinajstić information content (AvgIpc) is 1.97. The number of nitrogens with zero attached hydrogens (tertiary/aromatic N) is 1. The van der Waals surface area contributed by atoms with Gasteiger partial charge in [0.15, 0.2) is 0 Å². The van der Waals surface area contributed by atoms with E-state index >= 15 is 0 Å². The Morgan fingerprint density at radius 1 is 1.73 bits per heavy atom. The maximum absolute atomic E-state index is 10.4. The normalized spacial score (nSPS) is 10.7. The highest BCUT2D eigenvalue weighted by molar-refractivity contribution is 5.86. The number of unbranched alkanes of at least 4 members (excludes halogenated alkanes) is 1. The van der Waals surface area contributed by atoms with E-state index in [0.29, 0.717) is 0 Å². The number of hydrogen-bond donors (Lipinski definition) is 1. The molecule has 0 saturated carbocycles. The molecule has 3 heteroatoms. The molecule has 0 amide bonds. The van der Waals surface area contributed by atoms with Crippen LogP contribution in [-0.2, 0) is 4.79 Å². The van der Waals surface area contributed by atoms with Gasteiger partial charge in [0.05, 0.1) is 12.5 Å². The van der Waals surface area contributed by atoms with Crippen molar-refractivity contribution in [3.63, 3.8) is 0 Å². The van der Waals surface area contributed by atoms with Crippen molar-refractivity contribution in [1.82, 2.24) is 0 Å². The molecule has 0 aliphatic carbocycles. The first-order chi connectivity index (χ1) is 5.22. The second-order valence-electron chi connectivity index (χ2n) is 2.16. The Morgan fingerprint density at radius 2 is 2.36 bits per heavy atom. The van der Waals surface area contributed by atoms with E-state index < -0.39 is 5.97 Å². The minimum absolute atomic E-state index is 0.00463. The number of aliphatic carboxylic acids is 1. The van der Waals surface area contributed by atoms with E-state index in [-0.39, 0.29) is 12.0 Å². The van der Waals surface area contributed by atoms with Crippen LogP contribution in [0.15, 0.2) is 11.6 Å². The summed E-state index contributed by atoms with van der Waals surface area (Å²) in [5, 5.41) is 16.7. The van der Waals surface area contributed by atoms with Gasteiger partial charge < -0.3 is 5.11 Å². The third-order valence-corrected chi connectivity index (χ3v) is 1.22. The Kier molecular flexibility index (Phi) is 4.83. The fourth-order valence-electron chi connectivity index (χ4n) is 0.639. The highest BCUT2D eigenvalue weighted by atomic mass is 16.4. The predicted molar refractivity (Wildman–Crippen MR) is 40.9 cm³/mol. The topological polar surface area (TPSA) is 61.1 Å². The third kappa shape index (κ3) is 4.15. The maximum Gasteiger partial charge on any atom is 0.332 e. The molecule has 0 unspecified atom stereocenters. The second kappa shape index (κ2) is 5.48. The van der Waals surface area contributed by atoms with Gasteiger partial charge in [-0.15, -0.1) is 0 Å². The van der Waals surface area contributed by atoms with E-state index in [4.69, 9.17) is 10.4 Å². The molecule has 0 spiro atoms. The Hall–Kier alpha value is -1.30. The van der Waals surface area contributed by atoms with Crippen LogP contribution < -0.4 is 0 Å². The van der Waals surface area contributed by atoms with Crippen molar-refractivity contribution in [1.29, 1.82) is 5.26 Å². The van der Waals surface area contributed by atoms with Gasteiger partial charge >= 0.3 is 5.97 Å². The number of carbonyl (C=O) groups is 1. The van der Waals surface area contributed by atoms with Gasteiger partial charge in [-0.3, -0.25) is 0 Å². The minimum atomic E-state index is -0.986. The number of carboxylic acid groups (broad SMARTS) is 1. The van der Waals surface area contributed by atoms with Crippen LogP contribution in [0.25, 0.3) is 0 Å². The van der Waals surface area contributed by atoms with Gasteiger partial charge in [0, 0.05) is 5.57 Å². The number of allylic oxidation sites excluding steroid dienone is 1. The van der Waals surface area contributed by atoms with Gasteiger partial charge in [-0.2, -0.15) is 5.26 Å². The van der Waals surface area contributed by atoms with Crippen molar-refractivity contribution < 1.29 is 9.90 Å². The van der Waals surface area contributed by atoms with Crippen LogP contribution in [0.5, 0.6) is 0 Å². The summed E-state index contributed by atoms with van der Waals surface area (Å²) in [7, 11) is 0. The summed E-state index contributed by atoms with van der Waals surface area (Å²) in [6.07, 6.45) is 3.23. The molecule has 0 bridgehead atoms. The smallest absolute Gasteiger partial charge is 0.332 e. The summed E-state index contributed by atoms with van der Waals surface area (Å²) in [6, 6.07) is 1.81. The molecule has 11 heavy (non-hydrogen) atoms. The van der Waals surface area contributed by atoms with Crippen LogP contribution in [0.2, 0.25) is 0 Å². The van der Waals surface area contributed by atoms with Crippen LogP contribution in [0.4, 0.5) is 0 Å². The van der Waals surface area contributed by atoms with E-state index in [0.717, 1.165) is 12.8 Å². The third-order valence-electron chi connectivity index (χ3n) is 1.22. The molecule has 0 aliphatic heterocycles. The summed E-state index contributed by atoms with van der Waals surface area (Å²) in [4.78, 5) is 10.4. The summed E-state index contributed by atoms with van der Waals surface area (Å²) >= 11 is 0. The van der Waals surface area contributed by atoms with Gasteiger partial charge in [-0.05, 0) is 6.42 Å². The lowest BCUT2D eigenvalue weighted by molar-refractivity contribution is -0.132. The van der Waals surface area contributed by atoms with Gasteiger partial charge in [0.2, 0.25) is 0 Å². The van der Waals surface area contributed by atoms with Crippen LogP contribution in [-0.4, -0.2) is 11.1 Å². The summed E-state index contributed by atoms with van der Waals surface area (Å²) < 4.78 is 0. The van der Waals surface area contributed by atoms with Crippen LogP contribution in [0.1, 0.15) is 26.2 Å². The van der Waals surface area contributed by atoms with Crippen molar-refractivity contribution in [3.05, 3.63) is 11.6 Å². The summed E-state index contributed by atoms with van der Waals surface area (Å²) in [5.41, 5.74) is 0.203. The van der Waals surface area contributed by atoms with E-state index in [1.807, 2.05) is 13.0 Å². The fraction of sp³-hybridized carbons (Fsp3) is 0.500. The quantitative estimate of drug-likeness (QED) is 0.625. The summed E-state index contributed by atoms with van der Waals surface area (Å²) in [5.74, 6) is -0.986. The highest BCUT2D eigenvalue weighted by Crippen LogP contribution is 2.03. The molecule has 0 saturated heterocycles. The number of nitriles is 1. The van der Waals surface area contributed by atoms with Crippen molar-refractivity contribution in [2.45, 2.75) is 26.2 Å². The molecular formula is C8H11NO2. The molecule has 0 aromatic carbocycles. The molecule has 60 valence electrons. The first kappa shape index (κ1) is 9.70. The van der Waals surface area contributed by atoms with Gasteiger partial charge in [-0.1, -0.05) is 19.4 Å². The Balaban J connectivity index is 4.11. The predicted octanol–water partition coefficient (Wildman–Crippen LogP) is 1.71. The zero-order valence-corrected chi connectivity index (χ0v) is 6.50. The van der Waals surface area contributed by atoms with Gasteiger partial charge in [0.25, 0.3) is 0 Å². The molecule has 0 rings (SSSR count). The molecule has 0 heterocycles. The molecular weight excluding hydrogens is 142 g/mol. The molecule has 0 aromatic heterocycles. The zero-order chi connectivity index (χ0) is 8.69. The van der Waals surface area contributed by atoms with Gasteiger partial charge in [-0.25, -0.2) is 4.79 Å². The lowest BCUT2D eigenvalue weighted by atomic mass is 10.1. The number of rotatable bonds is 4. The first-order valence-electron chi connectivity index (χ1n) is 3.51. The molecule has 0 atom stereocenters. The molecule has 3 nitrogen and oxygen atoms in total. The van der Waals surface area contributed by atoms with Crippen LogP contribution in [0.3, 0.4) is 0 Å². The molecule has 0 aliphatic rings. The van der Waals surface area contributed by atoms with Gasteiger partial charge in [0.1, 0.15) is 0 Å². The molecule has 0 aromatic rings. The van der Waals surface area contributed by atoms with Crippen molar-refractivity contribution in [2.75, 3.05) is 0 Å². The first-order valence-corrected chi connectivity index (χ1v) is 3.51. The highest BCUT2D eigenvalue weighted by Gasteiger charge is 2.04. The molecule has 0 fully saturated rings. The molecule has 0 radical (unpaired) electrons. The van der Waals surface area contributed by atoms with Crippen LogP contribution >= 0.6 is 0 Å². The SMILES string of the molecule is CCCC=C(CC#N)C(=O)O. The fourth-order valence-corrected chi connectivity index (χ4v) is 0.639. The Bertz CT molecular complexity index is 201. The lowest BCUT2D eigenvalue weighted by Gasteiger charge is -1.93. The van der Waals surface area contributed by atoms with E-state index in [9.17, 15) is 4.79 Å². The zero-order valence-electron chi connectivity index (χ0n) is 6.50. The van der Waals surface area contributed by atoms with E-state index in [1.165, 1.54) is 0 Å². The Labute approximate surface area is 66.0 Å². The number of carboxylic acids is 1. The largest absolute Gasteiger partial charge is 0.478 e. The lowest BCUT2D eigenvalue weighted by Crippen LogP contribution is -1.99. The maximum atomic E-state index is 10.4. The van der Waals surface area contributed by atoms with E-state index in [2.05, 4.69) is 0 Å². The Morgan fingerprint density at radius 3 is 2.73 bits per heavy atom. The standard InChI is InChI=1S/C8H11NO2/c1-2-3-4-7(5-6-9)8(10)11/h4H,2-3,5H2,1H3,(H,10,11). The molecule has 1 N–H and O–H groups in total. The second-order valence-corrected chi connectivity index (χ2v) is 2.16. The summed E-state index contributed by atoms with van der Waals surface area (Å²) in [6.45, 7) is 1.96. The van der Waals surface area contributed by atoms with Crippen molar-refractivity contribution in [3.8, 4) is 6.07 Å². The monoisotopic (exact) mass is 153 g/mol. The van der Waals surface area contributed by atoms with Crippen LogP contribution in [0, 0.1) is 11.3 Å².